The molecule has 1 atom stereocenters. The predicted octanol–water partition coefficient (Wildman–Crippen LogP) is 0.863. The molecule has 1 aliphatic rings. The van der Waals surface area contributed by atoms with E-state index in [2.05, 4.69) is 5.10 Å². The number of fused-ring (bicyclic) bond motifs is 1. The molecule has 20 heavy (non-hydrogen) atoms. The first kappa shape index (κ1) is 13.5. The van der Waals surface area contributed by atoms with Gasteiger partial charge in [-0.25, -0.2) is 9.07 Å². The van der Waals surface area contributed by atoms with Crippen molar-refractivity contribution in [2.75, 3.05) is 6.61 Å². The van der Waals surface area contributed by atoms with E-state index in [1.807, 2.05) is 0 Å². The van der Waals surface area contributed by atoms with Gasteiger partial charge in [-0.1, -0.05) is 0 Å². The first-order valence-electron chi connectivity index (χ1n) is 6.74. The van der Waals surface area contributed by atoms with E-state index in [0.717, 1.165) is 19.3 Å². The summed E-state index contributed by atoms with van der Waals surface area (Å²) in [6, 6.07) is 2.97. The molecule has 1 saturated heterocycles. The van der Waals surface area contributed by atoms with Gasteiger partial charge in [-0.3, -0.25) is 0 Å². The van der Waals surface area contributed by atoms with Gasteiger partial charge in [-0.05, 0) is 43.9 Å². The molecule has 1 aromatic heterocycles. The lowest BCUT2D eigenvalue weighted by atomic mass is 9.84. The van der Waals surface area contributed by atoms with Crippen molar-refractivity contribution in [2.45, 2.75) is 32.4 Å². The van der Waals surface area contributed by atoms with E-state index in [1.54, 1.807) is 17.7 Å². The highest BCUT2D eigenvalue weighted by Gasteiger charge is 2.26. The normalized spacial score (nSPS) is 19.5. The summed E-state index contributed by atoms with van der Waals surface area (Å²) in [5.74, 6) is -0.386. The van der Waals surface area contributed by atoms with Crippen LogP contribution in [-0.4, -0.2) is 33.6 Å². The van der Waals surface area contributed by atoms with Crippen molar-refractivity contribution < 1.29 is 19.2 Å². The average Bonchev–Trinajstić information content (AvgIpc) is 2.79. The Morgan fingerprint density at radius 2 is 2.20 bits per heavy atom. The molecule has 1 aromatic carbocycles. The molecule has 1 unspecified atom stereocenters. The van der Waals surface area contributed by atoms with Crippen molar-refractivity contribution in [1.29, 1.82) is 0 Å². The first-order valence-corrected chi connectivity index (χ1v) is 6.74. The molecule has 0 aliphatic carbocycles. The van der Waals surface area contributed by atoms with Crippen LogP contribution in [0.25, 0.3) is 10.9 Å². The molecular formula is C13H16BFN2O3. The number of aromatic nitrogens is 2. The Kier molecular flexibility index (Phi) is 3.49. The van der Waals surface area contributed by atoms with Crippen LogP contribution < -0.4 is 5.59 Å². The minimum absolute atomic E-state index is 0.0630. The quantitative estimate of drug-likeness (QED) is 0.800. The van der Waals surface area contributed by atoms with Gasteiger partial charge in [0.05, 0.1) is 5.52 Å². The summed E-state index contributed by atoms with van der Waals surface area (Å²) in [4.78, 5) is 0. The Morgan fingerprint density at radius 1 is 1.40 bits per heavy atom. The summed E-state index contributed by atoms with van der Waals surface area (Å²) in [6.45, 7) is 2.33. The molecule has 0 bridgehead atoms. The van der Waals surface area contributed by atoms with Crippen molar-refractivity contribution in [3.05, 3.63) is 23.5 Å². The van der Waals surface area contributed by atoms with Gasteiger partial charge < -0.3 is 14.8 Å². The molecule has 106 valence electrons. The van der Waals surface area contributed by atoms with Crippen LogP contribution in [0.2, 0.25) is 0 Å². The van der Waals surface area contributed by atoms with E-state index in [1.165, 1.54) is 6.07 Å². The zero-order valence-corrected chi connectivity index (χ0v) is 11.2. The topological polar surface area (TPSA) is 67.5 Å². The van der Waals surface area contributed by atoms with Crippen LogP contribution in [0.1, 0.15) is 31.1 Å². The Labute approximate surface area is 116 Å². The highest BCUT2D eigenvalue weighted by Crippen LogP contribution is 2.26. The Hall–Kier alpha value is -1.44. The van der Waals surface area contributed by atoms with E-state index in [0.29, 0.717) is 23.1 Å². The van der Waals surface area contributed by atoms with Gasteiger partial charge in [0.1, 0.15) is 11.4 Å². The summed E-state index contributed by atoms with van der Waals surface area (Å²) in [5.41, 5.74) is 1.22. The van der Waals surface area contributed by atoms with E-state index in [-0.39, 0.29) is 17.6 Å². The average molecular weight is 278 g/mol. The van der Waals surface area contributed by atoms with Crippen molar-refractivity contribution in [3.8, 4) is 0 Å². The third kappa shape index (κ3) is 2.22. The number of benzene rings is 1. The van der Waals surface area contributed by atoms with Gasteiger partial charge in [0.2, 0.25) is 0 Å². The summed E-state index contributed by atoms with van der Waals surface area (Å²) in [5, 5.41) is 23.5. The monoisotopic (exact) mass is 278 g/mol. The largest absolute Gasteiger partial charge is 0.510 e. The summed E-state index contributed by atoms with van der Waals surface area (Å²) in [6.07, 6.45) is 2.62. The standard InChI is InChI=1S/C13H16BFN2O3/c1-8-6-11-9(7-10(8)15)13(14(18)19)16-17(11)12-4-2-3-5-20-12/h6-7,12,18-19H,2-5H2,1H3. The van der Waals surface area contributed by atoms with Gasteiger partial charge in [0, 0.05) is 12.0 Å². The zero-order valence-electron chi connectivity index (χ0n) is 11.2. The highest BCUT2D eigenvalue weighted by atomic mass is 19.1. The van der Waals surface area contributed by atoms with Crippen LogP contribution in [0.3, 0.4) is 0 Å². The zero-order chi connectivity index (χ0) is 14.3. The van der Waals surface area contributed by atoms with Crippen LogP contribution in [0.15, 0.2) is 12.1 Å². The number of halogens is 1. The van der Waals surface area contributed by atoms with Gasteiger partial charge >= 0.3 is 7.12 Å². The van der Waals surface area contributed by atoms with E-state index < -0.39 is 7.12 Å². The second-order valence-electron chi connectivity index (χ2n) is 5.14. The number of hydrogen-bond acceptors (Lipinski definition) is 4. The molecule has 7 heteroatoms. The number of nitrogens with zero attached hydrogens (tertiary/aromatic N) is 2. The number of ether oxygens (including phenoxy) is 1. The van der Waals surface area contributed by atoms with Crippen molar-refractivity contribution in [2.24, 2.45) is 0 Å². The Balaban J connectivity index is 2.18. The third-order valence-electron chi connectivity index (χ3n) is 3.69. The molecule has 1 fully saturated rings. The van der Waals surface area contributed by atoms with Crippen LogP contribution >= 0.6 is 0 Å². The minimum atomic E-state index is -1.73. The molecule has 5 nitrogen and oxygen atoms in total. The van der Waals surface area contributed by atoms with E-state index >= 15 is 0 Å². The molecule has 0 radical (unpaired) electrons. The molecule has 2 aromatic rings. The number of aryl methyl sites for hydroxylation is 1. The Morgan fingerprint density at radius 3 is 2.85 bits per heavy atom. The number of rotatable bonds is 2. The second-order valence-corrected chi connectivity index (χ2v) is 5.14. The van der Waals surface area contributed by atoms with Gasteiger partial charge in [-0.2, -0.15) is 5.10 Å². The van der Waals surface area contributed by atoms with E-state index in [4.69, 9.17) is 4.74 Å². The van der Waals surface area contributed by atoms with Crippen LogP contribution in [0.4, 0.5) is 4.39 Å². The predicted molar refractivity (Wildman–Crippen MR) is 73.1 cm³/mol. The molecule has 0 amide bonds. The molecular weight excluding hydrogens is 262 g/mol. The van der Waals surface area contributed by atoms with Gasteiger partial charge in [-0.15, -0.1) is 0 Å². The molecule has 2 N–H and O–H groups in total. The van der Waals surface area contributed by atoms with Crippen molar-refractivity contribution in [1.82, 2.24) is 9.78 Å². The van der Waals surface area contributed by atoms with Gasteiger partial charge in [0.15, 0.2) is 6.23 Å². The molecule has 3 rings (SSSR count). The number of hydrogen-bond donors (Lipinski definition) is 2. The molecule has 0 spiro atoms. The van der Waals surface area contributed by atoms with Crippen LogP contribution in [0.5, 0.6) is 0 Å². The fourth-order valence-electron chi connectivity index (χ4n) is 2.61. The maximum atomic E-state index is 13.7. The Bertz CT molecular complexity index is 638. The molecule has 1 aliphatic heterocycles. The SMILES string of the molecule is Cc1cc2c(cc1F)c(B(O)O)nn2C1CCCCO1. The second kappa shape index (κ2) is 5.16. The van der Waals surface area contributed by atoms with Gasteiger partial charge in [0.25, 0.3) is 0 Å². The lowest BCUT2D eigenvalue weighted by Crippen LogP contribution is -2.33. The van der Waals surface area contributed by atoms with Crippen molar-refractivity contribution >= 4 is 23.6 Å². The van der Waals surface area contributed by atoms with E-state index in [9.17, 15) is 14.4 Å². The van der Waals surface area contributed by atoms with Crippen LogP contribution in [0, 0.1) is 12.7 Å². The minimum Gasteiger partial charge on any atom is -0.422 e. The maximum absolute atomic E-state index is 13.7. The summed E-state index contributed by atoms with van der Waals surface area (Å²) < 4.78 is 21.0. The summed E-state index contributed by atoms with van der Waals surface area (Å²) >= 11 is 0. The third-order valence-corrected chi connectivity index (χ3v) is 3.69. The molecule has 0 saturated carbocycles. The fraction of sp³-hybridized carbons (Fsp3) is 0.462. The maximum Gasteiger partial charge on any atom is 0.510 e. The fourth-order valence-corrected chi connectivity index (χ4v) is 2.61. The van der Waals surface area contributed by atoms with Crippen molar-refractivity contribution in [3.63, 3.8) is 0 Å². The lowest BCUT2D eigenvalue weighted by molar-refractivity contribution is -0.0364. The highest BCUT2D eigenvalue weighted by molar-refractivity contribution is 6.60. The lowest BCUT2D eigenvalue weighted by Gasteiger charge is -2.23. The summed E-state index contributed by atoms with van der Waals surface area (Å²) in [7, 11) is -1.73. The van der Waals surface area contributed by atoms with Crippen LogP contribution in [-0.2, 0) is 4.74 Å². The smallest absolute Gasteiger partial charge is 0.422 e. The first-order chi connectivity index (χ1) is 9.58. The molecule has 2 heterocycles.